The van der Waals surface area contributed by atoms with Crippen LogP contribution in [0.4, 0.5) is 0 Å². The molecule has 0 aliphatic carbocycles. The number of hydrogen-bond acceptors (Lipinski definition) is 4. The normalized spacial score (nSPS) is 17.9. The summed E-state index contributed by atoms with van der Waals surface area (Å²) in [5.41, 5.74) is 1.90. The second kappa shape index (κ2) is 7.53. The lowest BCUT2D eigenvalue weighted by molar-refractivity contribution is -0.130. The van der Waals surface area contributed by atoms with E-state index in [1.807, 2.05) is 17.9 Å². The zero-order chi connectivity index (χ0) is 17.0. The molecule has 0 aromatic carbocycles. The molecule has 1 saturated heterocycles. The van der Waals surface area contributed by atoms with Gasteiger partial charge in [0, 0.05) is 57.8 Å². The maximum Gasteiger partial charge on any atom is 0.222 e. The van der Waals surface area contributed by atoms with Crippen LogP contribution < -0.4 is 0 Å². The van der Waals surface area contributed by atoms with Gasteiger partial charge >= 0.3 is 0 Å². The van der Waals surface area contributed by atoms with Gasteiger partial charge in [0.1, 0.15) is 5.82 Å². The highest BCUT2D eigenvalue weighted by Gasteiger charge is 2.24. The number of aryl methyl sites for hydroxylation is 2. The lowest BCUT2D eigenvalue weighted by atomic mass is 9.93. The number of nitrogens with zero attached hydrogens (tertiary/aromatic N) is 4. The number of rotatable bonds is 4. The standard InChI is InChI=1S/C17H26N4O2/c1-12-18-15(7-8-17(23)20(3)4)10-16(19-12)14-6-5-9-21(11-14)13(2)22/h10,14H,5-9,11H2,1-4H3/t14-/m1/s1. The lowest BCUT2D eigenvalue weighted by Gasteiger charge is -2.32. The van der Waals surface area contributed by atoms with Crippen molar-refractivity contribution in [3.8, 4) is 0 Å². The average molecular weight is 318 g/mol. The van der Waals surface area contributed by atoms with E-state index in [1.165, 1.54) is 0 Å². The van der Waals surface area contributed by atoms with Gasteiger partial charge in [0.15, 0.2) is 0 Å². The molecule has 6 nitrogen and oxygen atoms in total. The molecule has 1 aromatic heterocycles. The Hall–Kier alpha value is -1.98. The Kier molecular flexibility index (Phi) is 5.69. The van der Waals surface area contributed by atoms with Gasteiger partial charge in [-0.25, -0.2) is 9.97 Å². The maximum atomic E-state index is 11.7. The molecule has 126 valence electrons. The summed E-state index contributed by atoms with van der Waals surface area (Å²) in [5.74, 6) is 1.22. The van der Waals surface area contributed by atoms with Crippen LogP contribution in [-0.4, -0.2) is 58.8 Å². The van der Waals surface area contributed by atoms with Crippen molar-refractivity contribution in [2.75, 3.05) is 27.2 Å². The van der Waals surface area contributed by atoms with Crippen molar-refractivity contribution in [3.63, 3.8) is 0 Å². The summed E-state index contributed by atoms with van der Waals surface area (Å²) >= 11 is 0. The molecule has 1 atom stereocenters. The van der Waals surface area contributed by atoms with Crippen LogP contribution in [0.1, 0.15) is 49.3 Å². The Morgan fingerprint density at radius 3 is 2.74 bits per heavy atom. The van der Waals surface area contributed by atoms with E-state index in [1.54, 1.807) is 25.9 Å². The van der Waals surface area contributed by atoms with E-state index < -0.39 is 0 Å². The predicted octanol–water partition coefficient (Wildman–Crippen LogP) is 1.53. The molecule has 0 saturated carbocycles. The molecule has 2 heterocycles. The van der Waals surface area contributed by atoms with Crippen molar-refractivity contribution in [1.29, 1.82) is 0 Å². The minimum Gasteiger partial charge on any atom is -0.349 e. The Morgan fingerprint density at radius 1 is 1.35 bits per heavy atom. The van der Waals surface area contributed by atoms with Crippen LogP contribution in [0.5, 0.6) is 0 Å². The van der Waals surface area contributed by atoms with Gasteiger partial charge in [0.2, 0.25) is 11.8 Å². The van der Waals surface area contributed by atoms with Crippen molar-refractivity contribution >= 4 is 11.8 Å². The summed E-state index contributed by atoms with van der Waals surface area (Å²) in [6, 6.07) is 2.00. The van der Waals surface area contributed by atoms with Crippen LogP contribution >= 0.6 is 0 Å². The minimum absolute atomic E-state index is 0.100. The molecular weight excluding hydrogens is 292 g/mol. The van der Waals surface area contributed by atoms with Crippen molar-refractivity contribution in [1.82, 2.24) is 19.8 Å². The van der Waals surface area contributed by atoms with Gasteiger partial charge in [-0.15, -0.1) is 0 Å². The van der Waals surface area contributed by atoms with Crippen LogP contribution in [-0.2, 0) is 16.0 Å². The molecule has 0 radical (unpaired) electrons. The van der Waals surface area contributed by atoms with E-state index in [9.17, 15) is 9.59 Å². The van der Waals surface area contributed by atoms with Gasteiger partial charge in [-0.1, -0.05) is 0 Å². The monoisotopic (exact) mass is 318 g/mol. The van der Waals surface area contributed by atoms with Crippen molar-refractivity contribution in [2.45, 2.75) is 45.4 Å². The Balaban J connectivity index is 2.10. The maximum absolute atomic E-state index is 11.7. The molecule has 1 fully saturated rings. The van der Waals surface area contributed by atoms with Crippen molar-refractivity contribution in [2.24, 2.45) is 0 Å². The SMILES string of the molecule is CC(=O)N1CCC[C@@H](c2cc(CCC(=O)N(C)C)nc(C)n2)C1. The average Bonchev–Trinajstić information content (AvgIpc) is 2.52. The van der Waals surface area contributed by atoms with Gasteiger partial charge in [-0.3, -0.25) is 9.59 Å². The number of piperidine rings is 1. The van der Waals surface area contributed by atoms with Gasteiger partial charge in [-0.2, -0.15) is 0 Å². The highest BCUT2D eigenvalue weighted by molar-refractivity contribution is 5.75. The minimum atomic E-state index is 0.100. The molecule has 1 aromatic rings. The van der Waals surface area contributed by atoms with Gasteiger partial charge in [-0.05, 0) is 32.3 Å². The van der Waals surface area contributed by atoms with E-state index >= 15 is 0 Å². The third kappa shape index (κ3) is 4.74. The lowest BCUT2D eigenvalue weighted by Crippen LogP contribution is -2.38. The fourth-order valence-electron chi connectivity index (χ4n) is 2.96. The zero-order valence-electron chi connectivity index (χ0n) is 14.5. The predicted molar refractivity (Wildman–Crippen MR) is 88.0 cm³/mol. The summed E-state index contributed by atoms with van der Waals surface area (Å²) in [6.07, 6.45) is 3.11. The van der Waals surface area contributed by atoms with E-state index in [0.717, 1.165) is 43.1 Å². The molecule has 0 N–H and O–H groups in total. The van der Waals surface area contributed by atoms with Crippen LogP contribution in [0.3, 0.4) is 0 Å². The van der Waals surface area contributed by atoms with E-state index in [2.05, 4.69) is 9.97 Å². The van der Waals surface area contributed by atoms with E-state index in [0.29, 0.717) is 12.8 Å². The number of hydrogen-bond donors (Lipinski definition) is 0. The Morgan fingerprint density at radius 2 is 2.09 bits per heavy atom. The van der Waals surface area contributed by atoms with Crippen LogP contribution in [0, 0.1) is 6.92 Å². The molecule has 2 amide bonds. The molecule has 0 unspecified atom stereocenters. The summed E-state index contributed by atoms with van der Waals surface area (Å²) < 4.78 is 0. The van der Waals surface area contributed by atoms with Gasteiger partial charge in [0.05, 0.1) is 0 Å². The third-order valence-electron chi connectivity index (χ3n) is 4.29. The first-order valence-electron chi connectivity index (χ1n) is 8.17. The third-order valence-corrected chi connectivity index (χ3v) is 4.29. The summed E-state index contributed by atoms with van der Waals surface area (Å²) in [4.78, 5) is 35.9. The number of likely N-dealkylation sites (tertiary alicyclic amines) is 1. The van der Waals surface area contributed by atoms with E-state index in [-0.39, 0.29) is 17.7 Å². The fraction of sp³-hybridized carbons (Fsp3) is 0.647. The largest absolute Gasteiger partial charge is 0.349 e. The first-order chi connectivity index (χ1) is 10.9. The zero-order valence-corrected chi connectivity index (χ0v) is 14.5. The first-order valence-corrected chi connectivity index (χ1v) is 8.17. The first kappa shape index (κ1) is 17.4. The molecule has 23 heavy (non-hydrogen) atoms. The quantitative estimate of drug-likeness (QED) is 0.844. The highest BCUT2D eigenvalue weighted by atomic mass is 16.2. The molecule has 1 aliphatic heterocycles. The molecule has 0 bridgehead atoms. The number of amides is 2. The number of aromatic nitrogens is 2. The van der Waals surface area contributed by atoms with Gasteiger partial charge < -0.3 is 9.80 Å². The summed E-state index contributed by atoms with van der Waals surface area (Å²) in [7, 11) is 3.52. The molecule has 6 heteroatoms. The number of carbonyl (C=O) groups excluding carboxylic acids is 2. The topological polar surface area (TPSA) is 66.4 Å². The molecule has 1 aliphatic rings. The van der Waals surface area contributed by atoms with Crippen molar-refractivity contribution < 1.29 is 9.59 Å². The highest BCUT2D eigenvalue weighted by Crippen LogP contribution is 2.26. The molecule has 0 spiro atoms. The van der Waals surface area contributed by atoms with Gasteiger partial charge in [0.25, 0.3) is 0 Å². The Bertz CT molecular complexity index is 586. The smallest absolute Gasteiger partial charge is 0.222 e. The molecular formula is C17H26N4O2. The second-order valence-corrected chi connectivity index (χ2v) is 6.42. The number of carbonyl (C=O) groups is 2. The van der Waals surface area contributed by atoms with Crippen molar-refractivity contribution in [3.05, 3.63) is 23.3 Å². The van der Waals surface area contributed by atoms with Crippen LogP contribution in [0.2, 0.25) is 0 Å². The Labute approximate surface area is 137 Å². The van der Waals surface area contributed by atoms with Crippen LogP contribution in [0.15, 0.2) is 6.07 Å². The molecule has 2 rings (SSSR count). The van der Waals surface area contributed by atoms with E-state index in [4.69, 9.17) is 0 Å². The summed E-state index contributed by atoms with van der Waals surface area (Å²) in [5, 5.41) is 0. The second-order valence-electron chi connectivity index (χ2n) is 6.42. The summed E-state index contributed by atoms with van der Waals surface area (Å²) in [6.45, 7) is 5.06. The van der Waals surface area contributed by atoms with Crippen LogP contribution in [0.25, 0.3) is 0 Å². The fourth-order valence-corrected chi connectivity index (χ4v) is 2.96.